The van der Waals surface area contributed by atoms with Gasteiger partial charge in [0.2, 0.25) is 0 Å². The first-order chi connectivity index (χ1) is 10.7. The van der Waals surface area contributed by atoms with Gasteiger partial charge in [-0.25, -0.2) is 4.68 Å². The molecule has 0 N–H and O–H groups in total. The molecular weight excluding hydrogens is 319 g/mol. The van der Waals surface area contributed by atoms with E-state index in [0.717, 1.165) is 16.6 Å². The Hall–Kier alpha value is -1.84. The number of aromatic nitrogens is 2. The lowest BCUT2D eigenvalue weighted by atomic mass is 10.1. The summed E-state index contributed by atoms with van der Waals surface area (Å²) in [7, 11) is 0. The standard InChI is InChI=1S/C17H14Cl2N2O/c18-10-5-11-21-17(22)13-7-2-1-6-12(13)16(20-21)14-8-3-4-9-15(14)19/h1-4,6-9H,5,10-11H2. The van der Waals surface area contributed by atoms with Crippen LogP contribution < -0.4 is 5.56 Å². The van der Waals surface area contributed by atoms with Gasteiger partial charge in [-0.1, -0.05) is 48.0 Å². The fraction of sp³-hybridized carbons (Fsp3) is 0.176. The van der Waals surface area contributed by atoms with E-state index in [1.807, 2.05) is 48.5 Å². The number of alkyl halides is 1. The largest absolute Gasteiger partial charge is 0.274 e. The summed E-state index contributed by atoms with van der Waals surface area (Å²) >= 11 is 12.0. The van der Waals surface area contributed by atoms with Gasteiger partial charge in [0.15, 0.2) is 0 Å². The van der Waals surface area contributed by atoms with Crippen LogP contribution in [-0.4, -0.2) is 15.7 Å². The molecule has 0 spiro atoms. The molecule has 0 radical (unpaired) electrons. The van der Waals surface area contributed by atoms with E-state index < -0.39 is 0 Å². The molecule has 1 aromatic heterocycles. The van der Waals surface area contributed by atoms with E-state index in [9.17, 15) is 4.79 Å². The highest BCUT2D eigenvalue weighted by atomic mass is 35.5. The third-order valence-corrected chi connectivity index (χ3v) is 4.10. The van der Waals surface area contributed by atoms with Crippen molar-refractivity contribution in [3.05, 3.63) is 63.9 Å². The van der Waals surface area contributed by atoms with Crippen LogP contribution in [0.2, 0.25) is 5.02 Å². The molecule has 0 aliphatic carbocycles. The second kappa shape index (κ2) is 6.51. The minimum Gasteiger partial charge on any atom is -0.267 e. The lowest BCUT2D eigenvalue weighted by Crippen LogP contribution is -2.24. The normalized spacial score (nSPS) is 11.0. The maximum Gasteiger partial charge on any atom is 0.274 e. The SMILES string of the molecule is O=c1c2ccccc2c(-c2ccccc2Cl)nn1CCCCl. The molecule has 3 nitrogen and oxygen atoms in total. The van der Waals surface area contributed by atoms with Crippen LogP contribution >= 0.6 is 23.2 Å². The molecule has 22 heavy (non-hydrogen) atoms. The zero-order chi connectivity index (χ0) is 15.5. The second-order valence-corrected chi connectivity index (χ2v) is 5.73. The van der Waals surface area contributed by atoms with Gasteiger partial charge in [0.1, 0.15) is 5.69 Å². The van der Waals surface area contributed by atoms with Crippen LogP contribution in [0.25, 0.3) is 22.0 Å². The molecule has 0 aliphatic heterocycles. The Kier molecular flexibility index (Phi) is 4.46. The Morgan fingerprint density at radius 2 is 1.68 bits per heavy atom. The highest BCUT2D eigenvalue weighted by Gasteiger charge is 2.13. The van der Waals surface area contributed by atoms with E-state index in [-0.39, 0.29) is 5.56 Å². The zero-order valence-corrected chi connectivity index (χ0v) is 13.3. The van der Waals surface area contributed by atoms with Crippen LogP contribution in [0.5, 0.6) is 0 Å². The molecule has 0 bridgehead atoms. The first kappa shape index (κ1) is 15.1. The summed E-state index contributed by atoms with van der Waals surface area (Å²) in [6.07, 6.45) is 0.689. The van der Waals surface area contributed by atoms with Crippen molar-refractivity contribution in [1.82, 2.24) is 9.78 Å². The van der Waals surface area contributed by atoms with Crippen LogP contribution in [0.1, 0.15) is 6.42 Å². The summed E-state index contributed by atoms with van der Waals surface area (Å²) < 4.78 is 1.48. The van der Waals surface area contributed by atoms with E-state index in [0.29, 0.717) is 29.3 Å². The lowest BCUT2D eigenvalue weighted by molar-refractivity contribution is 0.578. The fourth-order valence-corrected chi connectivity index (χ4v) is 2.79. The molecule has 5 heteroatoms. The van der Waals surface area contributed by atoms with Crippen molar-refractivity contribution < 1.29 is 0 Å². The number of hydrogen-bond donors (Lipinski definition) is 0. The maximum atomic E-state index is 12.5. The lowest BCUT2D eigenvalue weighted by Gasteiger charge is -2.11. The minimum absolute atomic E-state index is 0.100. The molecule has 3 aromatic rings. The maximum absolute atomic E-state index is 12.5. The van der Waals surface area contributed by atoms with E-state index in [4.69, 9.17) is 23.2 Å². The molecule has 0 atom stereocenters. The Morgan fingerprint density at radius 1 is 1.00 bits per heavy atom. The molecule has 0 amide bonds. The fourth-order valence-electron chi connectivity index (χ4n) is 2.45. The Bertz CT molecular complexity index is 874. The van der Waals surface area contributed by atoms with E-state index in [1.165, 1.54) is 4.68 Å². The summed E-state index contributed by atoms with van der Waals surface area (Å²) in [5.74, 6) is 0.488. The molecule has 1 heterocycles. The number of hydrogen-bond acceptors (Lipinski definition) is 2. The van der Waals surface area contributed by atoms with E-state index in [2.05, 4.69) is 5.10 Å². The highest BCUT2D eigenvalue weighted by molar-refractivity contribution is 6.33. The molecule has 112 valence electrons. The number of nitrogens with zero attached hydrogens (tertiary/aromatic N) is 2. The number of fused-ring (bicyclic) bond motifs is 1. The summed E-state index contributed by atoms with van der Waals surface area (Å²) in [6, 6.07) is 15.0. The van der Waals surface area contributed by atoms with Gasteiger partial charge in [-0.05, 0) is 18.6 Å². The Morgan fingerprint density at radius 3 is 2.41 bits per heavy atom. The molecule has 0 saturated heterocycles. The summed E-state index contributed by atoms with van der Waals surface area (Å²) in [4.78, 5) is 12.5. The van der Waals surface area contributed by atoms with Crippen molar-refractivity contribution in [1.29, 1.82) is 0 Å². The van der Waals surface area contributed by atoms with E-state index in [1.54, 1.807) is 0 Å². The average Bonchev–Trinajstić information content (AvgIpc) is 2.55. The van der Waals surface area contributed by atoms with Gasteiger partial charge < -0.3 is 0 Å². The number of aryl methyl sites for hydroxylation is 1. The second-order valence-electron chi connectivity index (χ2n) is 4.94. The van der Waals surface area contributed by atoms with Crippen LogP contribution in [0.15, 0.2) is 53.3 Å². The predicted octanol–water partition coefficient (Wildman–Crippen LogP) is 4.35. The van der Waals surface area contributed by atoms with Gasteiger partial charge in [-0.2, -0.15) is 5.10 Å². The highest BCUT2D eigenvalue weighted by Crippen LogP contribution is 2.30. The molecule has 0 aliphatic rings. The third-order valence-electron chi connectivity index (χ3n) is 3.50. The summed E-state index contributed by atoms with van der Waals surface area (Å²) in [6.45, 7) is 0.491. The van der Waals surface area contributed by atoms with Gasteiger partial charge in [-0.3, -0.25) is 4.79 Å². The summed E-state index contributed by atoms with van der Waals surface area (Å²) in [5, 5.41) is 6.59. The van der Waals surface area contributed by atoms with Gasteiger partial charge in [0.25, 0.3) is 5.56 Å². The monoisotopic (exact) mass is 332 g/mol. The van der Waals surface area contributed by atoms with Crippen LogP contribution in [0.3, 0.4) is 0 Å². The first-order valence-corrected chi connectivity index (χ1v) is 7.94. The Labute approximate surface area is 138 Å². The van der Waals surface area contributed by atoms with E-state index >= 15 is 0 Å². The molecule has 0 saturated carbocycles. The minimum atomic E-state index is -0.100. The van der Waals surface area contributed by atoms with Crippen molar-refractivity contribution in [3.8, 4) is 11.3 Å². The average molecular weight is 333 g/mol. The topological polar surface area (TPSA) is 34.9 Å². The molecule has 0 fully saturated rings. The quantitative estimate of drug-likeness (QED) is 0.666. The molecular formula is C17H14Cl2N2O. The van der Waals surface area contributed by atoms with Crippen LogP contribution in [0.4, 0.5) is 0 Å². The number of rotatable bonds is 4. The predicted molar refractivity (Wildman–Crippen MR) is 91.8 cm³/mol. The molecule has 3 rings (SSSR count). The Balaban J connectivity index is 2.31. The smallest absolute Gasteiger partial charge is 0.267 e. The van der Waals surface area contributed by atoms with Crippen molar-refractivity contribution in [3.63, 3.8) is 0 Å². The number of halogens is 2. The van der Waals surface area contributed by atoms with Crippen LogP contribution in [-0.2, 0) is 6.54 Å². The summed E-state index contributed by atoms with van der Waals surface area (Å²) in [5.41, 5.74) is 1.44. The molecule has 0 unspecified atom stereocenters. The van der Waals surface area contributed by atoms with Crippen LogP contribution in [0, 0.1) is 0 Å². The van der Waals surface area contributed by atoms with Gasteiger partial charge >= 0.3 is 0 Å². The number of benzene rings is 2. The van der Waals surface area contributed by atoms with Gasteiger partial charge in [-0.15, -0.1) is 11.6 Å². The van der Waals surface area contributed by atoms with Gasteiger partial charge in [0, 0.05) is 23.4 Å². The van der Waals surface area contributed by atoms with Crippen molar-refractivity contribution in [2.24, 2.45) is 0 Å². The first-order valence-electron chi connectivity index (χ1n) is 7.03. The van der Waals surface area contributed by atoms with Crippen molar-refractivity contribution >= 4 is 34.0 Å². The van der Waals surface area contributed by atoms with Gasteiger partial charge in [0.05, 0.1) is 10.4 Å². The third kappa shape index (κ3) is 2.74. The van der Waals surface area contributed by atoms with Crippen molar-refractivity contribution in [2.75, 3.05) is 5.88 Å². The van der Waals surface area contributed by atoms with Crippen molar-refractivity contribution in [2.45, 2.75) is 13.0 Å². The zero-order valence-electron chi connectivity index (χ0n) is 11.8. The molecule has 2 aromatic carbocycles.